The first kappa shape index (κ1) is 24.9. The third-order valence-corrected chi connectivity index (χ3v) is 9.37. The van der Waals surface area contributed by atoms with E-state index in [0.717, 1.165) is 19.3 Å². The van der Waals surface area contributed by atoms with Crippen molar-refractivity contribution >= 4 is 19.1 Å². The van der Waals surface area contributed by atoms with Crippen LogP contribution in [0.25, 0.3) is 0 Å². The van der Waals surface area contributed by atoms with Gasteiger partial charge in [0.2, 0.25) is 5.91 Å². The summed E-state index contributed by atoms with van der Waals surface area (Å²) in [4.78, 5) is 11.7. The Balaban J connectivity index is 1.56. The molecule has 0 radical (unpaired) electrons. The van der Waals surface area contributed by atoms with Gasteiger partial charge in [0.25, 0.3) is 0 Å². The first-order chi connectivity index (χ1) is 14.8. The Bertz CT molecular complexity index is 656. The van der Waals surface area contributed by atoms with Gasteiger partial charge >= 0.3 is 0 Å². The van der Waals surface area contributed by atoms with Crippen molar-refractivity contribution < 1.29 is 9.53 Å². The molecule has 2 aliphatic carbocycles. The standard InChI is InChI=1S/C22H43N6O2P/c1-6-20(29)25-15-11-12-18(30-2)17(13-15)27-22-24-14-23-21(28-22)26-16-9-7-8-10-19(16)31(3,4)5/h6,15-19,21-24,26-28H,1,3,7-14H2,2,4-5H3,(H,25,29). The lowest BCUT2D eigenvalue weighted by molar-refractivity contribution is -0.117. The van der Waals surface area contributed by atoms with Gasteiger partial charge in [-0.2, -0.15) is 0 Å². The number of amides is 1. The third-order valence-electron chi connectivity index (χ3n) is 6.96. The lowest BCUT2D eigenvalue weighted by atomic mass is 9.88. The molecule has 0 spiro atoms. The van der Waals surface area contributed by atoms with Gasteiger partial charge in [0.05, 0.1) is 12.8 Å². The molecule has 0 aromatic rings. The first-order valence-electron chi connectivity index (χ1n) is 11.7. The highest BCUT2D eigenvalue weighted by atomic mass is 31.2. The average Bonchev–Trinajstić information content (AvgIpc) is 2.74. The molecule has 1 heterocycles. The van der Waals surface area contributed by atoms with E-state index in [1.165, 1.54) is 31.8 Å². The van der Waals surface area contributed by atoms with Gasteiger partial charge < -0.3 is 10.1 Å². The molecule has 1 amide bonds. The second kappa shape index (κ2) is 11.4. The number of nitrogens with one attached hydrogen (secondary N) is 6. The van der Waals surface area contributed by atoms with Gasteiger partial charge in [-0.1, -0.05) is 19.4 Å². The number of carbonyl (C=O) groups excluding carboxylic acids is 1. The summed E-state index contributed by atoms with van der Waals surface area (Å²) < 4.78 is 5.74. The predicted molar refractivity (Wildman–Crippen MR) is 131 cm³/mol. The number of hydrogen-bond acceptors (Lipinski definition) is 7. The molecule has 8 nitrogen and oxygen atoms in total. The molecule has 3 fully saturated rings. The molecule has 9 heteroatoms. The molecule has 3 aliphatic rings. The van der Waals surface area contributed by atoms with Gasteiger partial charge in [0.15, 0.2) is 0 Å². The highest BCUT2D eigenvalue weighted by Gasteiger charge is 2.35. The molecule has 0 bridgehead atoms. The summed E-state index contributed by atoms with van der Waals surface area (Å²) in [5, 5.41) is 21.1. The quantitative estimate of drug-likeness (QED) is 0.238. The maximum Gasteiger partial charge on any atom is 0.243 e. The van der Waals surface area contributed by atoms with Crippen LogP contribution in [0.1, 0.15) is 44.9 Å². The highest BCUT2D eigenvalue weighted by Crippen LogP contribution is 2.48. The fraction of sp³-hybridized carbons (Fsp3) is 0.818. The Hall–Kier alpha value is -0.730. The van der Waals surface area contributed by atoms with Gasteiger partial charge in [-0.05, 0) is 57.2 Å². The Morgan fingerprint density at radius 1 is 1.06 bits per heavy atom. The van der Waals surface area contributed by atoms with E-state index in [2.05, 4.69) is 58.1 Å². The number of methoxy groups -OCH3 is 1. The maximum atomic E-state index is 11.7. The minimum atomic E-state index is -1.15. The van der Waals surface area contributed by atoms with Crippen LogP contribution in [0.5, 0.6) is 0 Å². The summed E-state index contributed by atoms with van der Waals surface area (Å²) in [6, 6.07) is 0.777. The van der Waals surface area contributed by atoms with Crippen LogP contribution in [0.3, 0.4) is 0 Å². The summed E-state index contributed by atoms with van der Waals surface area (Å²) in [6.45, 7) is 7.84. The van der Waals surface area contributed by atoms with Crippen LogP contribution in [-0.2, 0) is 9.53 Å². The summed E-state index contributed by atoms with van der Waals surface area (Å²) >= 11 is 0. The Morgan fingerprint density at radius 2 is 1.74 bits per heavy atom. The van der Waals surface area contributed by atoms with Crippen LogP contribution in [0, 0.1) is 0 Å². The summed E-state index contributed by atoms with van der Waals surface area (Å²) in [5.41, 5.74) is 0.677. The van der Waals surface area contributed by atoms with E-state index in [1.807, 2.05) is 0 Å². The van der Waals surface area contributed by atoms with Crippen LogP contribution < -0.4 is 31.9 Å². The van der Waals surface area contributed by atoms with Gasteiger partial charge in [0, 0.05) is 25.2 Å². The molecule has 1 saturated heterocycles. The summed E-state index contributed by atoms with van der Waals surface area (Å²) in [7, 11) is 1.77. The van der Waals surface area contributed by atoms with Gasteiger partial charge in [-0.3, -0.25) is 31.4 Å². The van der Waals surface area contributed by atoms with Gasteiger partial charge in [-0.25, -0.2) is 0 Å². The lowest BCUT2D eigenvalue weighted by Crippen LogP contribution is -2.74. The topological polar surface area (TPSA) is 98.5 Å². The van der Waals surface area contributed by atoms with E-state index < -0.39 is 6.89 Å². The maximum absolute atomic E-state index is 11.7. The zero-order valence-electron chi connectivity index (χ0n) is 19.5. The molecule has 31 heavy (non-hydrogen) atoms. The van der Waals surface area contributed by atoms with E-state index in [4.69, 9.17) is 4.74 Å². The number of ether oxygens (including phenoxy) is 1. The van der Waals surface area contributed by atoms with Crippen LogP contribution in [0.2, 0.25) is 0 Å². The van der Waals surface area contributed by atoms with Crippen molar-refractivity contribution in [2.45, 2.75) is 87.4 Å². The van der Waals surface area contributed by atoms with E-state index >= 15 is 0 Å². The first-order valence-corrected chi connectivity index (χ1v) is 14.6. The normalized spacial score (nSPS) is 37.2. The molecule has 0 aromatic carbocycles. The zero-order valence-corrected chi connectivity index (χ0v) is 20.3. The Labute approximate surface area is 188 Å². The molecule has 1 aliphatic heterocycles. The molecule has 178 valence electrons. The van der Waals surface area contributed by atoms with Crippen molar-refractivity contribution in [1.82, 2.24) is 31.9 Å². The highest BCUT2D eigenvalue weighted by molar-refractivity contribution is 7.73. The fourth-order valence-corrected chi connectivity index (χ4v) is 7.41. The summed E-state index contributed by atoms with van der Waals surface area (Å²) in [5.74, 6) is -0.111. The molecule has 7 atom stereocenters. The van der Waals surface area contributed by atoms with E-state index in [0.29, 0.717) is 18.4 Å². The second-order valence-electron chi connectivity index (χ2n) is 9.79. The Morgan fingerprint density at radius 3 is 2.39 bits per heavy atom. The number of rotatable bonds is 8. The molecule has 2 saturated carbocycles. The fourth-order valence-electron chi connectivity index (χ4n) is 5.32. The number of hydrogen-bond donors (Lipinski definition) is 6. The van der Waals surface area contributed by atoms with E-state index in [9.17, 15) is 4.79 Å². The van der Waals surface area contributed by atoms with Crippen molar-refractivity contribution in [2.75, 3.05) is 27.1 Å². The van der Waals surface area contributed by atoms with Gasteiger partial charge in [0.1, 0.15) is 12.6 Å². The SMILES string of the molecule is C=CC(=O)NC1CCC(OC)C(NC2NCNC(NC3CCCCC3P(=C)(C)C)N2)C1. The molecule has 6 N–H and O–H groups in total. The summed E-state index contributed by atoms with van der Waals surface area (Å²) in [6.07, 6.45) is 13.8. The minimum Gasteiger partial charge on any atom is -0.380 e. The monoisotopic (exact) mass is 454 g/mol. The zero-order chi connectivity index (χ0) is 22.4. The van der Waals surface area contributed by atoms with Crippen LogP contribution in [-0.4, -0.2) is 81.8 Å². The number of carbonyl (C=O) groups is 1. The molecule has 3 rings (SSSR count). The van der Waals surface area contributed by atoms with Gasteiger partial charge in [-0.15, -0.1) is 13.2 Å². The van der Waals surface area contributed by atoms with E-state index in [1.54, 1.807) is 7.11 Å². The van der Waals surface area contributed by atoms with Crippen LogP contribution >= 0.6 is 6.89 Å². The van der Waals surface area contributed by atoms with Crippen molar-refractivity contribution in [2.24, 2.45) is 0 Å². The predicted octanol–water partition coefficient (Wildman–Crippen LogP) is 0.731. The molecule has 0 aromatic heterocycles. The third kappa shape index (κ3) is 7.13. The minimum absolute atomic E-state index is 0.0387. The van der Waals surface area contributed by atoms with Crippen molar-refractivity contribution in [3.05, 3.63) is 12.7 Å². The van der Waals surface area contributed by atoms with Crippen molar-refractivity contribution in [3.8, 4) is 0 Å². The average molecular weight is 455 g/mol. The largest absolute Gasteiger partial charge is 0.380 e. The molecule has 7 unspecified atom stereocenters. The van der Waals surface area contributed by atoms with Crippen LogP contribution in [0.4, 0.5) is 0 Å². The lowest BCUT2D eigenvalue weighted by Gasteiger charge is -2.44. The van der Waals surface area contributed by atoms with Crippen LogP contribution in [0.15, 0.2) is 12.7 Å². The smallest absolute Gasteiger partial charge is 0.243 e. The molecular weight excluding hydrogens is 411 g/mol. The second-order valence-corrected chi connectivity index (χ2v) is 14.0. The van der Waals surface area contributed by atoms with Crippen molar-refractivity contribution in [3.63, 3.8) is 0 Å². The Kier molecular flexibility index (Phi) is 9.17. The molecular formula is C22H43N6O2P. The van der Waals surface area contributed by atoms with E-state index in [-0.39, 0.29) is 36.7 Å². The van der Waals surface area contributed by atoms with Crippen molar-refractivity contribution in [1.29, 1.82) is 0 Å².